The second kappa shape index (κ2) is 5.39. The topological polar surface area (TPSA) is 37.4 Å². The van der Waals surface area contributed by atoms with E-state index in [2.05, 4.69) is 13.8 Å². The van der Waals surface area contributed by atoms with Crippen LogP contribution in [0.5, 0.6) is 0 Å². The molecular weight excluding hydrogens is 198 g/mol. The summed E-state index contributed by atoms with van der Waals surface area (Å²) in [6.07, 6.45) is 1.08. The lowest BCUT2D eigenvalue weighted by Gasteiger charge is -2.26. The van der Waals surface area contributed by atoms with Gasteiger partial charge in [0.05, 0.1) is 5.75 Å². The highest BCUT2D eigenvalue weighted by Gasteiger charge is 2.20. The Kier molecular flexibility index (Phi) is 4.45. The van der Waals surface area contributed by atoms with Gasteiger partial charge in [0.2, 0.25) is 5.91 Å². The summed E-state index contributed by atoms with van der Waals surface area (Å²) < 4.78 is 0. The summed E-state index contributed by atoms with van der Waals surface area (Å²) in [5.41, 5.74) is 0. The summed E-state index contributed by atoms with van der Waals surface area (Å²) in [6.45, 7) is 5.40. The van der Waals surface area contributed by atoms with Gasteiger partial charge in [-0.2, -0.15) is 0 Å². The van der Waals surface area contributed by atoms with Crippen LogP contribution in [0.15, 0.2) is 0 Å². The lowest BCUT2D eigenvalue weighted by molar-refractivity contribution is -0.132. The third kappa shape index (κ3) is 3.70. The van der Waals surface area contributed by atoms with Crippen LogP contribution in [-0.4, -0.2) is 40.7 Å². The maximum atomic E-state index is 11.6. The zero-order valence-corrected chi connectivity index (χ0v) is 9.60. The van der Waals surface area contributed by atoms with Crippen molar-refractivity contribution in [2.45, 2.75) is 31.9 Å². The average molecular weight is 215 g/mol. The fraction of sp³-hybridized carbons (Fsp3) is 0.800. The average Bonchev–Trinajstić information content (AvgIpc) is 2.15. The summed E-state index contributed by atoms with van der Waals surface area (Å²) in [5.74, 6) is 1.01. The number of Topliss-reactive ketones (excluding diaryl/α,β-unsaturated/α-hetero) is 1. The van der Waals surface area contributed by atoms with Gasteiger partial charge in [0.15, 0.2) is 0 Å². The number of hydrogen-bond acceptors (Lipinski definition) is 3. The van der Waals surface area contributed by atoms with E-state index in [0.717, 1.165) is 0 Å². The first-order valence-corrected chi connectivity index (χ1v) is 6.05. The van der Waals surface area contributed by atoms with E-state index in [-0.39, 0.29) is 11.7 Å². The second-order valence-corrected chi connectivity index (χ2v) is 5.34. The molecule has 1 aliphatic rings. The molecule has 0 aromatic heterocycles. The van der Waals surface area contributed by atoms with Gasteiger partial charge in [-0.15, -0.1) is 11.8 Å². The number of hydrogen-bond donors (Lipinski definition) is 0. The van der Waals surface area contributed by atoms with Gasteiger partial charge in [-0.3, -0.25) is 9.59 Å². The lowest BCUT2D eigenvalue weighted by Crippen LogP contribution is -2.39. The number of ketones is 1. The molecule has 0 saturated carbocycles. The number of amides is 1. The number of carbonyl (C=O) groups is 2. The van der Waals surface area contributed by atoms with Crippen LogP contribution in [0.3, 0.4) is 0 Å². The molecule has 1 rings (SSSR count). The molecule has 1 fully saturated rings. The van der Waals surface area contributed by atoms with E-state index in [4.69, 9.17) is 0 Å². The molecule has 0 aromatic rings. The van der Waals surface area contributed by atoms with E-state index in [1.54, 1.807) is 16.7 Å². The molecule has 1 heterocycles. The first kappa shape index (κ1) is 11.6. The molecule has 3 nitrogen and oxygen atoms in total. The third-order valence-corrected chi connectivity index (χ3v) is 3.29. The Morgan fingerprint density at radius 3 is 2.50 bits per heavy atom. The number of carbonyl (C=O) groups excluding carboxylic acids is 2. The molecule has 0 aromatic carbocycles. The van der Waals surface area contributed by atoms with Gasteiger partial charge < -0.3 is 4.90 Å². The summed E-state index contributed by atoms with van der Waals surface area (Å²) in [4.78, 5) is 24.4. The second-order valence-electron chi connectivity index (χ2n) is 3.78. The normalized spacial score (nSPS) is 17.6. The molecular formula is C10H17NO2S. The van der Waals surface area contributed by atoms with Crippen LogP contribution in [0.25, 0.3) is 0 Å². The summed E-state index contributed by atoms with van der Waals surface area (Å²) in [5, 5.41) is 0.491. The van der Waals surface area contributed by atoms with E-state index < -0.39 is 0 Å². The molecule has 1 saturated heterocycles. The highest BCUT2D eigenvalue weighted by molar-refractivity contribution is 8.00. The number of likely N-dealkylation sites (tertiary alicyclic amines) is 1. The van der Waals surface area contributed by atoms with Crippen molar-refractivity contribution in [3.8, 4) is 0 Å². The van der Waals surface area contributed by atoms with E-state index in [9.17, 15) is 9.59 Å². The summed E-state index contributed by atoms with van der Waals surface area (Å²) >= 11 is 1.66. The highest BCUT2D eigenvalue weighted by atomic mass is 32.2. The molecule has 1 aliphatic heterocycles. The van der Waals surface area contributed by atoms with Crippen molar-refractivity contribution < 1.29 is 9.59 Å². The quantitative estimate of drug-likeness (QED) is 0.712. The monoisotopic (exact) mass is 215 g/mol. The molecule has 0 unspecified atom stereocenters. The number of piperidine rings is 1. The van der Waals surface area contributed by atoms with Crippen LogP contribution in [0.1, 0.15) is 26.7 Å². The van der Waals surface area contributed by atoms with Crippen molar-refractivity contribution in [1.29, 1.82) is 0 Å². The number of nitrogens with zero attached hydrogens (tertiary/aromatic N) is 1. The van der Waals surface area contributed by atoms with E-state index in [0.29, 0.717) is 36.9 Å². The maximum Gasteiger partial charge on any atom is 0.232 e. The molecule has 0 N–H and O–H groups in total. The molecule has 0 aliphatic carbocycles. The van der Waals surface area contributed by atoms with Crippen LogP contribution in [-0.2, 0) is 9.59 Å². The summed E-state index contributed by atoms with van der Waals surface area (Å²) in [7, 11) is 0. The standard InChI is InChI=1S/C10H17NO2S/c1-8(2)14-7-10(13)11-5-3-9(12)4-6-11/h8H,3-7H2,1-2H3. The lowest BCUT2D eigenvalue weighted by atomic mass is 10.1. The van der Waals surface area contributed by atoms with Crippen LogP contribution in [0.4, 0.5) is 0 Å². The molecule has 0 spiro atoms. The molecule has 14 heavy (non-hydrogen) atoms. The van der Waals surface area contributed by atoms with Crippen molar-refractivity contribution in [3.63, 3.8) is 0 Å². The van der Waals surface area contributed by atoms with Gasteiger partial charge in [-0.1, -0.05) is 13.8 Å². The predicted octanol–water partition coefficient (Wildman–Crippen LogP) is 1.32. The summed E-state index contributed by atoms with van der Waals surface area (Å²) in [6, 6.07) is 0. The van der Waals surface area contributed by atoms with Crippen LogP contribution >= 0.6 is 11.8 Å². The molecule has 0 atom stereocenters. The fourth-order valence-electron chi connectivity index (χ4n) is 1.33. The van der Waals surface area contributed by atoms with Gasteiger partial charge in [-0.05, 0) is 5.25 Å². The zero-order chi connectivity index (χ0) is 10.6. The van der Waals surface area contributed by atoms with Crippen molar-refractivity contribution in [2.24, 2.45) is 0 Å². The van der Waals surface area contributed by atoms with Crippen molar-refractivity contribution >= 4 is 23.5 Å². The van der Waals surface area contributed by atoms with Crippen molar-refractivity contribution in [2.75, 3.05) is 18.8 Å². The minimum Gasteiger partial charge on any atom is -0.341 e. The first-order chi connectivity index (χ1) is 6.59. The van der Waals surface area contributed by atoms with Crippen LogP contribution < -0.4 is 0 Å². The molecule has 4 heteroatoms. The van der Waals surface area contributed by atoms with E-state index in [1.165, 1.54) is 0 Å². The Bertz CT molecular complexity index is 218. The van der Waals surface area contributed by atoms with Gasteiger partial charge >= 0.3 is 0 Å². The molecule has 0 radical (unpaired) electrons. The van der Waals surface area contributed by atoms with Crippen LogP contribution in [0, 0.1) is 0 Å². The van der Waals surface area contributed by atoms with E-state index >= 15 is 0 Å². The van der Waals surface area contributed by atoms with Gasteiger partial charge in [0.25, 0.3) is 0 Å². The van der Waals surface area contributed by atoms with E-state index in [1.807, 2.05) is 0 Å². The number of thioether (sulfide) groups is 1. The van der Waals surface area contributed by atoms with Crippen LogP contribution in [0.2, 0.25) is 0 Å². The maximum absolute atomic E-state index is 11.6. The van der Waals surface area contributed by atoms with Crippen molar-refractivity contribution in [3.05, 3.63) is 0 Å². The van der Waals surface area contributed by atoms with Gasteiger partial charge in [0, 0.05) is 25.9 Å². The number of rotatable bonds is 3. The largest absolute Gasteiger partial charge is 0.341 e. The smallest absolute Gasteiger partial charge is 0.232 e. The Balaban J connectivity index is 2.27. The zero-order valence-electron chi connectivity index (χ0n) is 8.78. The predicted molar refractivity (Wildman–Crippen MR) is 58.4 cm³/mol. The molecule has 80 valence electrons. The van der Waals surface area contributed by atoms with Gasteiger partial charge in [-0.25, -0.2) is 0 Å². The Labute approximate surface area is 89.2 Å². The Morgan fingerprint density at radius 2 is 2.00 bits per heavy atom. The highest BCUT2D eigenvalue weighted by Crippen LogP contribution is 2.12. The first-order valence-electron chi connectivity index (χ1n) is 5.00. The van der Waals surface area contributed by atoms with Crippen molar-refractivity contribution in [1.82, 2.24) is 4.90 Å². The minimum absolute atomic E-state index is 0.177. The Morgan fingerprint density at radius 1 is 1.43 bits per heavy atom. The molecule has 0 bridgehead atoms. The SMILES string of the molecule is CC(C)SCC(=O)N1CCC(=O)CC1. The molecule has 1 amide bonds. The van der Waals surface area contributed by atoms with Gasteiger partial charge in [0.1, 0.15) is 5.78 Å². The fourth-order valence-corrected chi connectivity index (χ4v) is 1.99. The Hall–Kier alpha value is -0.510. The third-order valence-electron chi connectivity index (χ3n) is 2.21. The minimum atomic E-state index is 0.177.